The minimum absolute atomic E-state index is 0.0820. The van der Waals surface area contributed by atoms with E-state index in [2.05, 4.69) is 32.1 Å². The Bertz CT molecular complexity index is 1290. The number of aromatic nitrogens is 4. The molecule has 0 spiro atoms. The third kappa shape index (κ3) is 4.39. The SMILES string of the molecule is CCCCc1ccc(-c2cc(CN3Cc4[nH]c(-c5cccc(F)c5F)nc4C=N3)on2)cn1. The number of nitrogens with one attached hydrogen (secondary N) is 1. The summed E-state index contributed by atoms with van der Waals surface area (Å²) in [6.45, 7) is 2.97. The minimum Gasteiger partial charge on any atom is -0.359 e. The monoisotopic (exact) mass is 448 g/mol. The van der Waals surface area contributed by atoms with Gasteiger partial charge in [-0.3, -0.25) is 9.99 Å². The summed E-state index contributed by atoms with van der Waals surface area (Å²) in [5.41, 5.74) is 4.11. The Hall–Kier alpha value is -3.88. The van der Waals surface area contributed by atoms with E-state index in [-0.39, 0.29) is 11.4 Å². The second kappa shape index (κ2) is 8.93. The van der Waals surface area contributed by atoms with Crippen LogP contribution < -0.4 is 0 Å². The number of hydrogen-bond donors (Lipinski definition) is 1. The van der Waals surface area contributed by atoms with Crippen molar-refractivity contribution < 1.29 is 13.3 Å². The van der Waals surface area contributed by atoms with E-state index >= 15 is 0 Å². The summed E-state index contributed by atoms with van der Waals surface area (Å²) in [6.07, 6.45) is 6.63. The standard InChI is InChI=1S/C24H22F2N6O/c1-2-3-5-16-9-8-15(11-27-16)20-10-17(33-31-20)13-32-14-22-21(12-28-32)29-24(30-22)18-6-4-7-19(25)23(18)26/h4,6-12H,2-3,5,13-14H2,1H3,(H,29,30). The third-order valence-electron chi connectivity index (χ3n) is 5.51. The Morgan fingerprint density at radius 1 is 1.18 bits per heavy atom. The summed E-state index contributed by atoms with van der Waals surface area (Å²) in [4.78, 5) is 11.9. The average Bonchev–Trinajstić information content (AvgIpc) is 3.47. The zero-order chi connectivity index (χ0) is 22.8. The summed E-state index contributed by atoms with van der Waals surface area (Å²) >= 11 is 0. The Labute approximate surface area is 189 Å². The van der Waals surface area contributed by atoms with E-state index in [1.807, 2.05) is 24.4 Å². The fraction of sp³-hybridized carbons (Fsp3) is 0.250. The van der Waals surface area contributed by atoms with E-state index in [4.69, 9.17) is 4.52 Å². The molecule has 0 saturated heterocycles. The number of hydrogen-bond acceptors (Lipinski definition) is 6. The number of rotatable bonds is 7. The van der Waals surface area contributed by atoms with Crippen molar-refractivity contribution in [2.75, 3.05) is 0 Å². The van der Waals surface area contributed by atoms with Crippen LogP contribution in [0.2, 0.25) is 0 Å². The Morgan fingerprint density at radius 3 is 2.91 bits per heavy atom. The van der Waals surface area contributed by atoms with Gasteiger partial charge in [-0.1, -0.05) is 24.6 Å². The fourth-order valence-electron chi connectivity index (χ4n) is 3.71. The van der Waals surface area contributed by atoms with Gasteiger partial charge < -0.3 is 9.51 Å². The van der Waals surface area contributed by atoms with Crippen LogP contribution in [0.15, 0.2) is 52.2 Å². The van der Waals surface area contributed by atoms with E-state index in [9.17, 15) is 8.78 Å². The molecule has 0 atom stereocenters. The van der Waals surface area contributed by atoms with Crippen molar-refractivity contribution >= 4 is 6.21 Å². The lowest BCUT2D eigenvalue weighted by Crippen LogP contribution is -2.21. The Morgan fingerprint density at radius 2 is 2.09 bits per heavy atom. The molecule has 0 unspecified atom stereocenters. The molecule has 0 fully saturated rings. The highest BCUT2D eigenvalue weighted by molar-refractivity contribution is 5.80. The zero-order valence-corrected chi connectivity index (χ0v) is 18.1. The second-order valence-electron chi connectivity index (χ2n) is 7.94. The van der Waals surface area contributed by atoms with Gasteiger partial charge in [0, 0.05) is 23.5 Å². The van der Waals surface area contributed by atoms with Gasteiger partial charge in [-0.15, -0.1) is 0 Å². The first-order chi connectivity index (χ1) is 16.1. The maximum atomic E-state index is 14.1. The van der Waals surface area contributed by atoms with Crippen molar-refractivity contribution in [3.05, 3.63) is 77.1 Å². The second-order valence-corrected chi connectivity index (χ2v) is 7.94. The number of benzene rings is 1. The van der Waals surface area contributed by atoms with Crippen LogP contribution in [0.25, 0.3) is 22.6 Å². The highest BCUT2D eigenvalue weighted by Crippen LogP contribution is 2.26. The topological polar surface area (TPSA) is 83.2 Å². The van der Waals surface area contributed by atoms with Crippen LogP contribution in [0.1, 0.15) is 42.6 Å². The highest BCUT2D eigenvalue weighted by Gasteiger charge is 2.21. The van der Waals surface area contributed by atoms with E-state index in [0.717, 1.165) is 42.3 Å². The van der Waals surface area contributed by atoms with Crippen molar-refractivity contribution in [2.45, 2.75) is 39.3 Å². The first-order valence-corrected chi connectivity index (χ1v) is 10.8. The number of unbranched alkanes of at least 4 members (excludes halogenated alkanes) is 1. The van der Waals surface area contributed by atoms with E-state index in [0.29, 0.717) is 30.2 Å². The maximum absolute atomic E-state index is 14.1. The lowest BCUT2D eigenvalue weighted by molar-refractivity contribution is 0.229. The molecule has 9 heteroatoms. The van der Waals surface area contributed by atoms with Crippen LogP contribution in [0, 0.1) is 11.6 Å². The molecule has 1 aromatic carbocycles. The summed E-state index contributed by atoms with van der Waals surface area (Å²) in [7, 11) is 0. The molecule has 0 amide bonds. The molecule has 33 heavy (non-hydrogen) atoms. The number of fused-ring (bicyclic) bond motifs is 1. The molecule has 0 radical (unpaired) electrons. The molecule has 1 N–H and O–H groups in total. The Kier molecular flexibility index (Phi) is 5.68. The highest BCUT2D eigenvalue weighted by atomic mass is 19.2. The normalized spacial score (nSPS) is 12.9. The largest absolute Gasteiger partial charge is 0.359 e. The van der Waals surface area contributed by atoms with Crippen LogP contribution in [0.4, 0.5) is 8.78 Å². The lowest BCUT2D eigenvalue weighted by atomic mass is 10.1. The van der Waals surface area contributed by atoms with Crippen molar-refractivity contribution in [3.8, 4) is 22.6 Å². The van der Waals surface area contributed by atoms with Crippen LogP contribution in [0.5, 0.6) is 0 Å². The first-order valence-electron chi connectivity index (χ1n) is 10.8. The van der Waals surface area contributed by atoms with Gasteiger partial charge in [0.15, 0.2) is 17.4 Å². The molecule has 0 saturated carbocycles. The van der Waals surface area contributed by atoms with Crippen molar-refractivity contribution in [2.24, 2.45) is 5.10 Å². The van der Waals surface area contributed by atoms with E-state index in [1.165, 1.54) is 12.1 Å². The number of halogens is 2. The van der Waals surface area contributed by atoms with E-state index < -0.39 is 11.6 Å². The Balaban J connectivity index is 1.27. The number of hydrazone groups is 1. The molecule has 168 valence electrons. The molecule has 3 aromatic heterocycles. The molecule has 0 bridgehead atoms. The van der Waals surface area contributed by atoms with Crippen molar-refractivity contribution in [3.63, 3.8) is 0 Å². The van der Waals surface area contributed by atoms with Crippen LogP contribution >= 0.6 is 0 Å². The smallest absolute Gasteiger partial charge is 0.169 e. The van der Waals surface area contributed by atoms with Gasteiger partial charge in [-0.05, 0) is 37.1 Å². The van der Waals surface area contributed by atoms with Crippen LogP contribution in [-0.4, -0.2) is 31.3 Å². The predicted molar refractivity (Wildman–Crippen MR) is 119 cm³/mol. The number of nitrogens with zero attached hydrogens (tertiary/aromatic N) is 5. The summed E-state index contributed by atoms with van der Waals surface area (Å²) in [6, 6.07) is 9.90. The molecule has 7 nitrogen and oxygen atoms in total. The predicted octanol–water partition coefficient (Wildman–Crippen LogP) is 5.10. The van der Waals surface area contributed by atoms with Gasteiger partial charge in [0.1, 0.15) is 17.2 Å². The number of imidazole rings is 1. The van der Waals surface area contributed by atoms with Crippen LogP contribution in [-0.2, 0) is 19.5 Å². The number of aromatic amines is 1. The quantitative estimate of drug-likeness (QED) is 0.425. The first kappa shape index (κ1) is 21.0. The zero-order valence-electron chi connectivity index (χ0n) is 18.1. The maximum Gasteiger partial charge on any atom is 0.169 e. The summed E-state index contributed by atoms with van der Waals surface area (Å²) < 4.78 is 33.2. The van der Waals surface area contributed by atoms with Gasteiger partial charge in [0.25, 0.3) is 0 Å². The number of pyridine rings is 1. The summed E-state index contributed by atoms with van der Waals surface area (Å²) in [5.74, 6) is -0.928. The molecule has 4 heterocycles. The number of aryl methyl sites for hydroxylation is 1. The van der Waals surface area contributed by atoms with Gasteiger partial charge >= 0.3 is 0 Å². The number of H-pyrrole nitrogens is 1. The van der Waals surface area contributed by atoms with Gasteiger partial charge in [-0.2, -0.15) is 5.10 Å². The van der Waals surface area contributed by atoms with Gasteiger partial charge in [-0.25, -0.2) is 13.8 Å². The molecule has 4 aromatic rings. The molecule has 0 aliphatic carbocycles. The minimum atomic E-state index is -0.931. The van der Waals surface area contributed by atoms with Crippen molar-refractivity contribution in [1.29, 1.82) is 0 Å². The van der Waals surface area contributed by atoms with Crippen molar-refractivity contribution in [1.82, 2.24) is 25.1 Å². The van der Waals surface area contributed by atoms with E-state index in [1.54, 1.807) is 11.2 Å². The molecular weight excluding hydrogens is 426 g/mol. The lowest BCUT2D eigenvalue weighted by Gasteiger charge is -2.19. The molecule has 5 rings (SSSR count). The summed E-state index contributed by atoms with van der Waals surface area (Å²) in [5, 5.41) is 10.3. The van der Waals surface area contributed by atoms with Crippen LogP contribution in [0.3, 0.4) is 0 Å². The van der Waals surface area contributed by atoms with Gasteiger partial charge in [0.2, 0.25) is 0 Å². The average molecular weight is 448 g/mol. The molecular formula is C24H22F2N6O. The third-order valence-corrected chi connectivity index (χ3v) is 5.51. The molecule has 1 aliphatic heterocycles. The molecule has 1 aliphatic rings. The van der Waals surface area contributed by atoms with Gasteiger partial charge in [0.05, 0.1) is 30.6 Å². The fourth-order valence-corrected chi connectivity index (χ4v) is 3.71.